The maximum absolute atomic E-state index is 12.4. The van der Waals surface area contributed by atoms with Crippen molar-refractivity contribution in [3.63, 3.8) is 0 Å². The number of nitrogens with zero attached hydrogens (tertiary/aromatic N) is 1. The molecule has 1 unspecified atom stereocenters. The van der Waals surface area contributed by atoms with E-state index in [-0.39, 0.29) is 18.3 Å². The van der Waals surface area contributed by atoms with E-state index in [4.69, 9.17) is 17.0 Å². The number of benzene rings is 1. The minimum Gasteiger partial charge on any atom is -0.395 e. The third-order valence-electron chi connectivity index (χ3n) is 4.60. The van der Waals surface area contributed by atoms with Crippen LogP contribution in [0.5, 0.6) is 0 Å². The monoisotopic (exact) mass is 375 g/mol. The molecule has 7 heteroatoms. The predicted molar refractivity (Wildman–Crippen MR) is 106 cm³/mol. The lowest BCUT2D eigenvalue weighted by atomic mass is 10.1. The van der Waals surface area contributed by atoms with Gasteiger partial charge in [0.25, 0.3) is 5.56 Å². The highest BCUT2D eigenvalue weighted by molar-refractivity contribution is 7.80. The molecule has 1 aliphatic rings. The summed E-state index contributed by atoms with van der Waals surface area (Å²) in [5.41, 5.74) is 2.41. The summed E-state index contributed by atoms with van der Waals surface area (Å²) >= 11 is 5.47. The molecule has 0 bridgehead atoms. The van der Waals surface area contributed by atoms with Gasteiger partial charge >= 0.3 is 0 Å². The van der Waals surface area contributed by atoms with E-state index in [1.165, 1.54) is 0 Å². The van der Waals surface area contributed by atoms with E-state index in [2.05, 4.69) is 10.3 Å². The molecule has 3 rings (SSSR count). The molecule has 0 aliphatic carbocycles. The average molecular weight is 375 g/mol. The Bertz CT molecular complexity index is 830. The fourth-order valence-corrected chi connectivity index (χ4v) is 3.41. The van der Waals surface area contributed by atoms with Crippen LogP contribution >= 0.6 is 12.2 Å². The first-order valence-electron chi connectivity index (χ1n) is 8.94. The normalized spacial score (nSPS) is 16.8. The first-order chi connectivity index (χ1) is 12.6. The van der Waals surface area contributed by atoms with E-state index >= 15 is 0 Å². The van der Waals surface area contributed by atoms with Gasteiger partial charge in [0.15, 0.2) is 5.11 Å². The van der Waals surface area contributed by atoms with E-state index in [0.717, 1.165) is 35.9 Å². The number of aromatic amines is 1. The second kappa shape index (κ2) is 8.62. The van der Waals surface area contributed by atoms with Crippen LogP contribution in [0.1, 0.15) is 24.0 Å². The summed E-state index contributed by atoms with van der Waals surface area (Å²) < 4.78 is 5.59. The largest absolute Gasteiger partial charge is 0.395 e. The van der Waals surface area contributed by atoms with Gasteiger partial charge in [0.05, 0.1) is 19.3 Å². The van der Waals surface area contributed by atoms with Gasteiger partial charge in [-0.2, -0.15) is 0 Å². The second-order valence-corrected chi connectivity index (χ2v) is 7.07. The maximum Gasteiger partial charge on any atom is 0.253 e. The van der Waals surface area contributed by atoms with Crippen LogP contribution in [0.4, 0.5) is 0 Å². The average Bonchev–Trinajstić information content (AvgIpc) is 3.13. The summed E-state index contributed by atoms with van der Waals surface area (Å²) in [7, 11) is 0. The topological polar surface area (TPSA) is 77.6 Å². The number of H-pyrrole nitrogens is 1. The van der Waals surface area contributed by atoms with Gasteiger partial charge in [-0.3, -0.25) is 4.79 Å². The van der Waals surface area contributed by atoms with Crippen molar-refractivity contribution in [2.24, 2.45) is 0 Å². The molecule has 0 radical (unpaired) electrons. The fraction of sp³-hybridized carbons (Fsp3) is 0.474. The van der Waals surface area contributed by atoms with Crippen LogP contribution in [-0.2, 0) is 11.3 Å². The molecule has 2 heterocycles. The molecule has 6 nitrogen and oxygen atoms in total. The number of aromatic nitrogens is 1. The van der Waals surface area contributed by atoms with Crippen molar-refractivity contribution < 1.29 is 9.84 Å². The Hall–Kier alpha value is -1.96. The Labute approximate surface area is 158 Å². The van der Waals surface area contributed by atoms with Crippen LogP contribution in [0.15, 0.2) is 29.1 Å². The molecule has 1 saturated heterocycles. The van der Waals surface area contributed by atoms with Crippen LogP contribution in [0.25, 0.3) is 10.9 Å². The lowest BCUT2D eigenvalue weighted by Gasteiger charge is -2.26. The van der Waals surface area contributed by atoms with Crippen LogP contribution in [0.3, 0.4) is 0 Å². The van der Waals surface area contributed by atoms with Crippen molar-refractivity contribution in [2.75, 3.05) is 26.3 Å². The summed E-state index contributed by atoms with van der Waals surface area (Å²) in [5.74, 6) is 0. The molecular weight excluding hydrogens is 350 g/mol. The number of pyridine rings is 1. The number of rotatable bonds is 6. The maximum atomic E-state index is 12.4. The summed E-state index contributed by atoms with van der Waals surface area (Å²) in [5, 5.41) is 14.1. The first kappa shape index (κ1) is 18.8. The Kier molecular flexibility index (Phi) is 6.24. The van der Waals surface area contributed by atoms with Crippen LogP contribution < -0.4 is 10.9 Å². The highest BCUT2D eigenvalue weighted by atomic mass is 32.1. The van der Waals surface area contributed by atoms with Gasteiger partial charge in [0, 0.05) is 30.8 Å². The number of nitrogens with one attached hydrogen (secondary N) is 2. The van der Waals surface area contributed by atoms with E-state index in [1.807, 2.05) is 36.1 Å². The van der Waals surface area contributed by atoms with Gasteiger partial charge in [-0.1, -0.05) is 12.1 Å². The highest BCUT2D eigenvalue weighted by Crippen LogP contribution is 2.14. The SMILES string of the molecule is Cc1ccc2cc(CN(CCO)C(=S)NCC3CCCO3)c(=O)[nH]c2c1. The molecule has 3 N–H and O–H groups in total. The van der Waals surface area contributed by atoms with Crippen molar-refractivity contribution in [2.45, 2.75) is 32.4 Å². The van der Waals surface area contributed by atoms with E-state index < -0.39 is 0 Å². The van der Waals surface area contributed by atoms with Crippen molar-refractivity contribution in [3.8, 4) is 0 Å². The molecule has 140 valence electrons. The highest BCUT2D eigenvalue weighted by Gasteiger charge is 2.18. The molecule has 1 atom stereocenters. The molecule has 0 amide bonds. The number of aliphatic hydroxyl groups excluding tert-OH is 1. The van der Waals surface area contributed by atoms with Crippen molar-refractivity contribution in [1.29, 1.82) is 0 Å². The van der Waals surface area contributed by atoms with Crippen molar-refractivity contribution in [3.05, 3.63) is 45.7 Å². The van der Waals surface area contributed by atoms with Gasteiger partial charge < -0.3 is 25.0 Å². The molecule has 0 spiro atoms. The summed E-state index contributed by atoms with van der Waals surface area (Å²) in [6.07, 6.45) is 2.28. The van der Waals surface area contributed by atoms with Gasteiger partial charge in [-0.15, -0.1) is 0 Å². The number of fused-ring (bicyclic) bond motifs is 1. The zero-order valence-electron chi connectivity index (χ0n) is 15.0. The lowest BCUT2D eigenvalue weighted by molar-refractivity contribution is 0.113. The third kappa shape index (κ3) is 4.60. The van der Waals surface area contributed by atoms with Gasteiger partial charge in [0.1, 0.15) is 0 Å². The molecule has 1 aliphatic heterocycles. The molecule has 0 saturated carbocycles. The Morgan fingerprint density at radius 3 is 3.04 bits per heavy atom. The minimum atomic E-state index is -0.132. The molecule has 1 aromatic carbocycles. The van der Waals surface area contributed by atoms with Gasteiger partial charge in [0.2, 0.25) is 0 Å². The van der Waals surface area contributed by atoms with Crippen molar-refractivity contribution >= 4 is 28.2 Å². The number of thiocarbonyl (C=S) groups is 1. The third-order valence-corrected chi connectivity index (χ3v) is 5.00. The number of ether oxygens (including phenoxy) is 1. The van der Waals surface area contributed by atoms with Crippen LogP contribution in [0, 0.1) is 6.92 Å². The Morgan fingerprint density at radius 2 is 2.31 bits per heavy atom. The zero-order chi connectivity index (χ0) is 18.5. The van der Waals surface area contributed by atoms with Gasteiger partial charge in [-0.05, 0) is 55.1 Å². The second-order valence-electron chi connectivity index (χ2n) is 6.68. The molecule has 2 aromatic rings. The summed E-state index contributed by atoms with van der Waals surface area (Å²) in [6, 6.07) is 7.86. The number of hydrogen-bond acceptors (Lipinski definition) is 4. The predicted octanol–water partition coefficient (Wildman–Crippen LogP) is 1.68. The van der Waals surface area contributed by atoms with E-state index in [0.29, 0.717) is 30.3 Å². The van der Waals surface area contributed by atoms with Crippen LogP contribution in [-0.4, -0.2) is 52.5 Å². The van der Waals surface area contributed by atoms with E-state index in [9.17, 15) is 9.90 Å². The minimum absolute atomic E-state index is 0.0353. The van der Waals surface area contributed by atoms with Crippen molar-refractivity contribution in [1.82, 2.24) is 15.2 Å². The quantitative estimate of drug-likeness (QED) is 0.667. The number of aliphatic hydroxyl groups is 1. The number of aryl methyl sites for hydroxylation is 1. The fourth-order valence-electron chi connectivity index (χ4n) is 3.17. The lowest BCUT2D eigenvalue weighted by Crippen LogP contribution is -2.44. The smallest absolute Gasteiger partial charge is 0.253 e. The molecule has 1 fully saturated rings. The molecule has 1 aromatic heterocycles. The first-order valence-corrected chi connectivity index (χ1v) is 9.35. The summed E-state index contributed by atoms with van der Waals surface area (Å²) in [6.45, 7) is 4.11. The standard InChI is InChI=1S/C19H25N3O3S/c1-13-4-5-14-10-15(18(24)21-17(14)9-13)12-22(6-7-23)19(26)20-11-16-3-2-8-25-16/h4-5,9-10,16,23H,2-3,6-8,11-12H2,1H3,(H,20,26)(H,21,24). The molecular formula is C19H25N3O3S. The Morgan fingerprint density at radius 1 is 1.46 bits per heavy atom. The number of hydrogen-bond donors (Lipinski definition) is 3. The zero-order valence-corrected chi connectivity index (χ0v) is 15.8. The van der Waals surface area contributed by atoms with Gasteiger partial charge in [-0.25, -0.2) is 0 Å². The van der Waals surface area contributed by atoms with E-state index in [1.54, 1.807) is 0 Å². The molecule has 26 heavy (non-hydrogen) atoms. The summed E-state index contributed by atoms with van der Waals surface area (Å²) in [4.78, 5) is 17.2. The van der Waals surface area contributed by atoms with Crippen LogP contribution in [0.2, 0.25) is 0 Å². The Balaban J connectivity index is 1.73.